The Morgan fingerprint density at radius 2 is 1.58 bits per heavy atom. The first-order chi connectivity index (χ1) is 20.9. The van der Waals surface area contributed by atoms with Crippen molar-refractivity contribution >= 4 is 29.4 Å². The van der Waals surface area contributed by atoms with Crippen LogP contribution in [0.3, 0.4) is 0 Å². The summed E-state index contributed by atoms with van der Waals surface area (Å²) in [6.45, 7) is 4.13. The molecule has 1 N–H and O–H groups in total. The number of aryl methyl sites for hydroxylation is 2. The molecule has 1 aliphatic heterocycles. The van der Waals surface area contributed by atoms with Crippen molar-refractivity contribution in [3.63, 3.8) is 0 Å². The van der Waals surface area contributed by atoms with Crippen LogP contribution in [0.25, 0.3) is 16.9 Å². The molecule has 0 radical (unpaired) electrons. The Bertz CT molecular complexity index is 1790. The number of hydrogen-bond donors (Lipinski definition) is 1. The third-order valence-corrected chi connectivity index (χ3v) is 8.89. The monoisotopic (exact) mass is 590 g/mol. The zero-order valence-corrected chi connectivity index (χ0v) is 24.8. The molecule has 1 aromatic heterocycles. The normalized spacial score (nSPS) is 14.7. The number of hydrogen-bond acceptors (Lipinski definition) is 4. The molecule has 216 valence electrons. The second-order valence-electron chi connectivity index (χ2n) is 10.6. The van der Waals surface area contributed by atoms with Crippen molar-refractivity contribution in [1.82, 2.24) is 15.1 Å². The zero-order valence-electron chi connectivity index (χ0n) is 24.0. The molecular formula is C35H31FN4O2S. The summed E-state index contributed by atoms with van der Waals surface area (Å²) in [7, 11) is 0. The van der Waals surface area contributed by atoms with Gasteiger partial charge in [0.1, 0.15) is 18.2 Å². The van der Waals surface area contributed by atoms with Gasteiger partial charge in [0.25, 0.3) is 0 Å². The second kappa shape index (κ2) is 12.3. The number of rotatable bonds is 7. The first-order valence-corrected chi connectivity index (χ1v) is 15.2. The van der Waals surface area contributed by atoms with Gasteiger partial charge in [-0.2, -0.15) is 5.10 Å². The van der Waals surface area contributed by atoms with Crippen molar-refractivity contribution in [2.45, 2.75) is 25.6 Å². The standard InChI is InChI=1S/C35H31FN4O2S/c1-23-10-6-8-14-28(23)34-32-33(26-12-4-3-5-13-26)38-40(29-15-9-7-11-24(29)2)35(32)39(31(42)22-43-34)21-30(41)37-20-25-16-18-27(36)19-17-25/h3-19,34H,20-22H2,1-2H3,(H,37,41). The molecule has 6 nitrogen and oxygen atoms in total. The summed E-state index contributed by atoms with van der Waals surface area (Å²) in [4.78, 5) is 28.9. The lowest BCUT2D eigenvalue weighted by Gasteiger charge is -2.24. The highest BCUT2D eigenvalue weighted by Crippen LogP contribution is 2.49. The molecular weight excluding hydrogens is 559 g/mol. The van der Waals surface area contributed by atoms with Gasteiger partial charge in [0.15, 0.2) is 0 Å². The fourth-order valence-corrected chi connectivity index (χ4v) is 6.72. The van der Waals surface area contributed by atoms with Gasteiger partial charge in [0, 0.05) is 17.7 Å². The number of carbonyl (C=O) groups excluding carboxylic acids is 2. The van der Waals surface area contributed by atoms with Gasteiger partial charge in [-0.15, -0.1) is 11.8 Å². The van der Waals surface area contributed by atoms with Gasteiger partial charge >= 0.3 is 0 Å². The Morgan fingerprint density at radius 1 is 0.907 bits per heavy atom. The number of para-hydroxylation sites is 1. The Morgan fingerprint density at radius 3 is 2.30 bits per heavy atom. The van der Waals surface area contributed by atoms with Crippen LogP contribution >= 0.6 is 11.8 Å². The summed E-state index contributed by atoms with van der Waals surface area (Å²) in [5.74, 6) is -0.0399. The van der Waals surface area contributed by atoms with Crippen molar-refractivity contribution in [2.24, 2.45) is 0 Å². The summed E-state index contributed by atoms with van der Waals surface area (Å²) < 4.78 is 15.2. The van der Waals surface area contributed by atoms with Crippen molar-refractivity contribution in [3.05, 3.63) is 137 Å². The third-order valence-electron chi connectivity index (χ3n) is 7.66. The van der Waals surface area contributed by atoms with E-state index in [0.29, 0.717) is 5.82 Å². The van der Waals surface area contributed by atoms with Gasteiger partial charge in [-0.1, -0.05) is 84.9 Å². The lowest BCUT2D eigenvalue weighted by molar-refractivity contribution is -0.123. The molecule has 8 heteroatoms. The van der Waals surface area contributed by atoms with Crippen LogP contribution in [0, 0.1) is 19.7 Å². The zero-order chi connectivity index (χ0) is 29.9. The Hall–Kier alpha value is -4.69. The van der Waals surface area contributed by atoms with E-state index in [1.54, 1.807) is 28.8 Å². The first-order valence-electron chi connectivity index (χ1n) is 14.1. The summed E-state index contributed by atoms with van der Waals surface area (Å²) in [6.07, 6.45) is 0. The molecule has 1 atom stereocenters. The van der Waals surface area contributed by atoms with Gasteiger partial charge in [-0.25, -0.2) is 9.07 Å². The number of halogens is 1. The molecule has 0 saturated carbocycles. The third kappa shape index (κ3) is 5.83. The summed E-state index contributed by atoms with van der Waals surface area (Å²) in [6, 6.07) is 32.1. The van der Waals surface area contributed by atoms with Crippen LogP contribution in [-0.2, 0) is 16.1 Å². The van der Waals surface area contributed by atoms with Gasteiger partial charge < -0.3 is 5.32 Å². The number of aromatic nitrogens is 2. The van der Waals surface area contributed by atoms with E-state index in [1.807, 2.05) is 78.3 Å². The van der Waals surface area contributed by atoms with Crippen LogP contribution in [0.5, 0.6) is 0 Å². The van der Waals surface area contributed by atoms with E-state index >= 15 is 0 Å². The maximum atomic E-state index is 13.9. The van der Waals surface area contributed by atoms with E-state index in [0.717, 1.165) is 44.8 Å². The largest absolute Gasteiger partial charge is 0.350 e. The minimum Gasteiger partial charge on any atom is -0.350 e. The Balaban J connectivity index is 1.51. The molecule has 0 saturated heterocycles. The van der Waals surface area contributed by atoms with Gasteiger partial charge in [0.05, 0.1) is 22.4 Å². The molecule has 0 spiro atoms. The van der Waals surface area contributed by atoms with Crippen molar-refractivity contribution in [3.8, 4) is 16.9 Å². The summed E-state index contributed by atoms with van der Waals surface area (Å²) >= 11 is 1.55. The quantitative estimate of drug-likeness (QED) is 0.227. The van der Waals surface area contributed by atoms with E-state index in [1.165, 1.54) is 12.1 Å². The van der Waals surface area contributed by atoms with Crippen LogP contribution in [0.4, 0.5) is 10.2 Å². The number of anilines is 1. The minimum atomic E-state index is -0.336. The first kappa shape index (κ1) is 28.4. The molecule has 0 aliphatic carbocycles. The SMILES string of the molecule is Cc1ccccc1C1SCC(=O)N(CC(=O)NCc2ccc(F)cc2)c2c1c(-c1ccccc1)nn2-c1ccccc1C. The predicted octanol–water partition coefficient (Wildman–Crippen LogP) is 6.78. The molecule has 1 aliphatic rings. The molecule has 2 heterocycles. The van der Waals surface area contributed by atoms with Crippen molar-refractivity contribution in [2.75, 3.05) is 17.2 Å². The molecule has 5 aromatic rings. The number of nitrogens with one attached hydrogen (secondary N) is 1. The van der Waals surface area contributed by atoms with Crippen LogP contribution in [0.15, 0.2) is 103 Å². The number of amides is 2. The average molecular weight is 591 g/mol. The van der Waals surface area contributed by atoms with Crippen LogP contribution in [-0.4, -0.2) is 33.9 Å². The van der Waals surface area contributed by atoms with E-state index in [-0.39, 0.29) is 41.7 Å². The topological polar surface area (TPSA) is 67.2 Å². The van der Waals surface area contributed by atoms with Crippen LogP contribution in [0.2, 0.25) is 0 Å². The fraction of sp³-hybridized carbons (Fsp3) is 0.171. The van der Waals surface area contributed by atoms with Crippen molar-refractivity contribution in [1.29, 1.82) is 0 Å². The highest BCUT2D eigenvalue weighted by molar-refractivity contribution is 8.00. The molecule has 2 amide bonds. The van der Waals surface area contributed by atoms with Crippen molar-refractivity contribution < 1.29 is 14.0 Å². The highest BCUT2D eigenvalue weighted by Gasteiger charge is 2.38. The number of thioether (sulfide) groups is 1. The fourth-order valence-electron chi connectivity index (χ4n) is 5.43. The number of carbonyl (C=O) groups is 2. The van der Waals surface area contributed by atoms with Gasteiger partial charge in [0.2, 0.25) is 11.8 Å². The Kier molecular flexibility index (Phi) is 8.11. The maximum Gasteiger partial charge on any atom is 0.240 e. The number of fused-ring (bicyclic) bond motifs is 1. The Labute approximate surface area is 254 Å². The molecule has 0 fully saturated rings. The van der Waals surface area contributed by atoms with E-state index < -0.39 is 0 Å². The van der Waals surface area contributed by atoms with E-state index in [9.17, 15) is 14.0 Å². The number of nitrogens with zero attached hydrogens (tertiary/aromatic N) is 3. The molecule has 4 aromatic carbocycles. The molecule has 6 rings (SSSR count). The van der Waals surface area contributed by atoms with E-state index in [2.05, 4.69) is 24.4 Å². The second-order valence-corrected chi connectivity index (χ2v) is 11.7. The highest BCUT2D eigenvalue weighted by atomic mass is 32.2. The van der Waals surface area contributed by atoms with E-state index in [4.69, 9.17) is 5.10 Å². The number of benzene rings is 4. The summed E-state index contributed by atoms with van der Waals surface area (Å²) in [5.41, 5.74) is 7.41. The molecule has 43 heavy (non-hydrogen) atoms. The predicted molar refractivity (Wildman–Crippen MR) is 170 cm³/mol. The van der Waals surface area contributed by atoms with Crippen LogP contribution in [0.1, 0.15) is 33.1 Å². The minimum absolute atomic E-state index is 0.173. The van der Waals surface area contributed by atoms with Gasteiger partial charge in [-0.05, 0) is 54.3 Å². The average Bonchev–Trinajstić information content (AvgIpc) is 3.34. The maximum absolute atomic E-state index is 13.9. The van der Waals surface area contributed by atoms with Crippen LogP contribution < -0.4 is 10.2 Å². The smallest absolute Gasteiger partial charge is 0.240 e. The lowest BCUT2D eigenvalue weighted by Crippen LogP contribution is -2.42. The lowest BCUT2D eigenvalue weighted by atomic mass is 9.96. The molecule has 1 unspecified atom stereocenters. The summed E-state index contributed by atoms with van der Waals surface area (Å²) in [5, 5.41) is 7.89. The molecule has 0 bridgehead atoms. The van der Waals surface area contributed by atoms with Gasteiger partial charge in [-0.3, -0.25) is 14.5 Å².